The van der Waals surface area contributed by atoms with Gasteiger partial charge in [-0.05, 0) is 0 Å². The minimum atomic E-state index is -2.62. The molecule has 0 aromatic rings. The van der Waals surface area contributed by atoms with E-state index in [1.54, 1.807) is 0 Å². The predicted octanol–water partition coefficient (Wildman–Crippen LogP) is -0.812. The summed E-state index contributed by atoms with van der Waals surface area (Å²) < 4.78 is 0. The maximum absolute atomic E-state index is 7.23. The van der Waals surface area contributed by atoms with Gasteiger partial charge in [-0.3, -0.25) is 0 Å². The van der Waals surface area contributed by atoms with Crippen LogP contribution >= 0.6 is 8.60 Å². The SMILES string of the molecule is OP(O)O.[Rh]. The molecule has 0 bridgehead atoms. The second kappa shape index (κ2) is 4.93. The van der Waals surface area contributed by atoms with Crippen molar-refractivity contribution in [2.24, 2.45) is 0 Å². The zero-order valence-corrected chi connectivity index (χ0v) is 4.66. The van der Waals surface area contributed by atoms with Crippen LogP contribution in [0.25, 0.3) is 0 Å². The van der Waals surface area contributed by atoms with Crippen molar-refractivity contribution in [1.29, 1.82) is 0 Å². The van der Waals surface area contributed by atoms with Gasteiger partial charge >= 0.3 is 8.60 Å². The van der Waals surface area contributed by atoms with Crippen molar-refractivity contribution in [1.82, 2.24) is 0 Å². The van der Waals surface area contributed by atoms with Crippen LogP contribution in [0.1, 0.15) is 0 Å². The van der Waals surface area contributed by atoms with Crippen LogP contribution in [0.3, 0.4) is 0 Å². The normalized spacial score (nSPS) is 7.20. The summed E-state index contributed by atoms with van der Waals surface area (Å²) in [5, 5.41) is 0. The zero-order chi connectivity index (χ0) is 3.58. The van der Waals surface area contributed by atoms with E-state index in [1.165, 1.54) is 0 Å². The van der Waals surface area contributed by atoms with Crippen molar-refractivity contribution in [2.75, 3.05) is 0 Å². The zero-order valence-electron chi connectivity index (χ0n) is 2.12. The molecular weight excluding hydrogens is 182 g/mol. The molecule has 0 atom stereocenters. The Bertz CT molecular complexity index is 11.6. The van der Waals surface area contributed by atoms with Crippen LogP contribution in [0, 0.1) is 0 Å². The maximum atomic E-state index is 7.23. The fourth-order valence-corrected chi connectivity index (χ4v) is 0. The van der Waals surface area contributed by atoms with Gasteiger partial charge in [-0.1, -0.05) is 0 Å². The molecule has 0 unspecified atom stereocenters. The minimum absolute atomic E-state index is 0. The molecule has 1 radical (unpaired) electrons. The van der Waals surface area contributed by atoms with E-state index in [9.17, 15) is 0 Å². The van der Waals surface area contributed by atoms with E-state index < -0.39 is 8.60 Å². The smallest absolute Gasteiger partial charge is 0.324 e. The van der Waals surface area contributed by atoms with Crippen LogP contribution < -0.4 is 0 Å². The Labute approximate surface area is 43.4 Å². The Hall–Kier alpha value is 0.933. The second-order valence-corrected chi connectivity index (χ2v) is 0.805. The molecule has 3 nitrogen and oxygen atoms in total. The van der Waals surface area contributed by atoms with Gasteiger partial charge in [0.1, 0.15) is 0 Å². The van der Waals surface area contributed by atoms with Crippen molar-refractivity contribution < 1.29 is 34.2 Å². The fraction of sp³-hybridized carbons (Fsp3) is 0. The molecule has 0 aromatic heterocycles. The first-order chi connectivity index (χ1) is 1.73. The molecule has 0 saturated carbocycles. The number of rotatable bonds is 0. The van der Waals surface area contributed by atoms with Crippen LogP contribution in [0.5, 0.6) is 0 Å². The predicted molar refractivity (Wildman–Crippen MR) is 13.6 cm³/mol. The molecule has 0 heterocycles. The van der Waals surface area contributed by atoms with Gasteiger partial charge in [-0.25, -0.2) is 0 Å². The Morgan fingerprint density at radius 2 is 1.00 bits per heavy atom. The van der Waals surface area contributed by atoms with Crippen molar-refractivity contribution in [3.63, 3.8) is 0 Å². The summed E-state index contributed by atoms with van der Waals surface area (Å²) in [6.07, 6.45) is 0. The van der Waals surface area contributed by atoms with E-state index in [1.807, 2.05) is 0 Å². The van der Waals surface area contributed by atoms with Crippen LogP contribution in [0.15, 0.2) is 0 Å². The summed E-state index contributed by atoms with van der Waals surface area (Å²) in [6, 6.07) is 0. The Balaban J connectivity index is 0. The molecule has 35 valence electrons. The largest absolute Gasteiger partial charge is 0.328 e. The van der Waals surface area contributed by atoms with Gasteiger partial charge in [-0.15, -0.1) is 0 Å². The van der Waals surface area contributed by atoms with Crippen molar-refractivity contribution in [2.45, 2.75) is 0 Å². The molecular formula is H3O3PRh. The van der Waals surface area contributed by atoms with E-state index in [4.69, 9.17) is 14.7 Å². The summed E-state index contributed by atoms with van der Waals surface area (Å²) >= 11 is 0. The standard InChI is InChI=1S/H3O3P.Rh/c1-4(2)3;/h1-3H;. The van der Waals surface area contributed by atoms with E-state index >= 15 is 0 Å². The first-order valence-corrected chi connectivity index (χ1v) is 1.80. The van der Waals surface area contributed by atoms with Gasteiger partial charge < -0.3 is 14.7 Å². The molecule has 0 aromatic carbocycles. The topological polar surface area (TPSA) is 60.7 Å². The third kappa shape index (κ3) is 48.7. The molecule has 3 N–H and O–H groups in total. The molecule has 0 aliphatic heterocycles. The van der Waals surface area contributed by atoms with Crippen LogP contribution in [-0.2, 0) is 19.5 Å². The van der Waals surface area contributed by atoms with E-state index in [0.717, 1.165) is 0 Å². The van der Waals surface area contributed by atoms with Crippen LogP contribution in [-0.4, -0.2) is 14.7 Å². The molecule has 0 aliphatic rings. The maximum Gasteiger partial charge on any atom is 0.324 e. The van der Waals surface area contributed by atoms with Crippen molar-refractivity contribution >= 4 is 8.60 Å². The third-order valence-corrected chi connectivity index (χ3v) is 0. The van der Waals surface area contributed by atoms with Crippen molar-refractivity contribution in [3.8, 4) is 0 Å². The average Bonchev–Trinajstić information content (AvgIpc) is 0.811. The molecule has 0 aliphatic carbocycles. The fourth-order valence-electron chi connectivity index (χ4n) is 0. The molecule has 0 fully saturated rings. The Morgan fingerprint density at radius 1 is 1.00 bits per heavy atom. The molecule has 0 amide bonds. The monoisotopic (exact) mass is 185 g/mol. The van der Waals surface area contributed by atoms with Crippen molar-refractivity contribution in [3.05, 3.63) is 0 Å². The minimum Gasteiger partial charge on any atom is -0.328 e. The van der Waals surface area contributed by atoms with E-state index in [0.29, 0.717) is 0 Å². The molecule has 5 heavy (non-hydrogen) atoms. The number of hydrogen-bond donors (Lipinski definition) is 3. The van der Waals surface area contributed by atoms with Gasteiger partial charge in [0.05, 0.1) is 0 Å². The first-order valence-electron chi connectivity index (χ1n) is 0.600. The van der Waals surface area contributed by atoms with E-state index in [-0.39, 0.29) is 19.5 Å². The quantitative estimate of drug-likeness (QED) is 0.341. The van der Waals surface area contributed by atoms with Gasteiger partial charge in [0, 0.05) is 19.5 Å². The summed E-state index contributed by atoms with van der Waals surface area (Å²) in [5.74, 6) is 0. The Kier molecular flexibility index (Phi) is 9.21. The summed E-state index contributed by atoms with van der Waals surface area (Å²) in [4.78, 5) is 21.7. The third-order valence-electron chi connectivity index (χ3n) is 0. The molecule has 0 rings (SSSR count). The van der Waals surface area contributed by atoms with Gasteiger partial charge in [0.2, 0.25) is 0 Å². The van der Waals surface area contributed by atoms with Crippen LogP contribution in [0.4, 0.5) is 0 Å². The summed E-state index contributed by atoms with van der Waals surface area (Å²) in [5.41, 5.74) is 0. The molecule has 5 heteroatoms. The van der Waals surface area contributed by atoms with Gasteiger partial charge in [0.25, 0.3) is 0 Å². The summed E-state index contributed by atoms with van der Waals surface area (Å²) in [6.45, 7) is 0. The molecule has 0 saturated heterocycles. The number of hydrogen-bond acceptors (Lipinski definition) is 3. The first kappa shape index (κ1) is 9.33. The summed E-state index contributed by atoms with van der Waals surface area (Å²) in [7, 11) is -2.62. The van der Waals surface area contributed by atoms with Gasteiger partial charge in [0.15, 0.2) is 0 Å². The Morgan fingerprint density at radius 3 is 1.00 bits per heavy atom. The van der Waals surface area contributed by atoms with E-state index in [2.05, 4.69) is 0 Å². The molecule has 0 spiro atoms. The second-order valence-electron chi connectivity index (χ2n) is 0.268. The van der Waals surface area contributed by atoms with Crippen LogP contribution in [0.2, 0.25) is 0 Å². The average molecular weight is 185 g/mol. The van der Waals surface area contributed by atoms with Gasteiger partial charge in [-0.2, -0.15) is 0 Å².